The fourth-order valence-corrected chi connectivity index (χ4v) is 2.46. The standard InChI is InChI=1S/C14H19F2N3O2/c15-12(16)9-19-5-3-11(4-6-19)14(21)18-8-10-1-2-13(20)17-7-10/h1-2,7,11-12H,3-6,8-9H2,(H,17,20)(H,18,21). The highest BCUT2D eigenvalue weighted by Gasteiger charge is 2.25. The Morgan fingerprint density at radius 2 is 2.10 bits per heavy atom. The molecular formula is C14H19F2N3O2. The van der Waals surface area contributed by atoms with Crippen LogP contribution in [0.2, 0.25) is 0 Å². The largest absolute Gasteiger partial charge is 0.352 e. The molecule has 1 aliphatic rings. The van der Waals surface area contributed by atoms with Gasteiger partial charge in [0.05, 0.1) is 6.54 Å². The van der Waals surface area contributed by atoms with E-state index in [4.69, 9.17) is 0 Å². The predicted octanol–water partition coefficient (Wildman–Crippen LogP) is 0.968. The predicted molar refractivity (Wildman–Crippen MR) is 74.1 cm³/mol. The number of likely N-dealkylation sites (tertiary alicyclic amines) is 1. The van der Waals surface area contributed by atoms with Gasteiger partial charge in [-0.2, -0.15) is 0 Å². The number of piperidine rings is 1. The van der Waals surface area contributed by atoms with Crippen LogP contribution in [0.4, 0.5) is 8.78 Å². The van der Waals surface area contributed by atoms with Crippen LogP contribution in [-0.2, 0) is 11.3 Å². The van der Waals surface area contributed by atoms with E-state index in [0.29, 0.717) is 32.5 Å². The Balaban J connectivity index is 1.74. The van der Waals surface area contributed by atoms with Gasteiger partial charge in [-0.1, -0.05) is 6.07 Å². The van der Waals surface area contributed by atoms with Crippen molar-refractivity contribution < 1.29 is 13.6 Å². The Hall–Kier alpha value is -1.76. The molecule has 0 aliphatic carbocycles. The lowest BCUT2D eigenvalue weighted by Gasteiger charge is -2.30. The smallest absolute Gasteiger partial charge is 0.251 e. The third-order valence-corrected chi connectivity index (χ3v) is 3.67. The van der Waals surface area contributed by atoms with Crippen LogP contribution in [-0.4, -0.2) is 41.9 Å². The number of rotatable bonds is 5. The van der Waals surface area contributed by atoms with Gasteiger partial charge in [0.15, 0.2) is 0 Å². The van der Waals surface area contributed by atoms with E-state index >= 15 is 0 Å². The van der Waals surface area contributed by atoms with Gasteiger partial charge in [0, 0.05) is 24.7 Å². The lowest BCUT2D eigenvalue weighted by Crippen LogP contribution is -2.41. The third-order valence-electron chi connectivity index (χ3n) is 3.67. The molecular weight excluding hydrogens is 280 g/mol. The Kier molecular flexibility index (Phi) is 5.44. The quantitative estimate of drug-likeness (QED) is 0.851. The van der Waals surface area contributed by atoms with Crippen molar-refractivity contribution in [1.82, 2.24) is 15.2 Å². The maximum absolute atomic E-state index is 12.3. The van der Waals surface area contributed by atoms with E-state index in [9.17, 15) is 18.4 Å². The molecule has 0 bridgehead atoms. The number of carbonyl (C=O) groups is 1. The summed E-state index contributed by atoms with van der Waals surface area (Å²) in [5, 5.41) is 2.82. The summed E-state index contributed by atoms with van der Waals surface area (Å²) in [5.41, 5.74) is 0.634. The molecule has 0 saturated carbocycles. The molecule has 7 heteroatoms. The summed E-state index contributed by atoms with van der Waals surface area (Å²) in [6.07, 6.45) is 0.443. The number of amides is 1. The lowest BCUT2D eigenvalue weighted by molar-refractivity contribution is -0.126. The summed E-state index contributed by atoms with van der Waals surface area (Å²) >= 11 is 0. The molecule has 21 heavy (non-hydrogen) atoms. The molecule has 0 aromatic carbocycles. The third kappa shape index (κ3) is 4.93. The van der Waals surface area contributed by atoms with Crippen LogP contribution >= 0.6 is 0 Å². The van der Waals surface area contributed by atoms with Crippen LogP contribution in [0.3, 0.4) is 0 Å². The SMILES string of the molecule is O=C(NCc1ccc(=O)[nH]c1)C1CCN(CC(F)F)CC1. The first-order chi connectivity index (χ1) is 10.0. The van der Waals surface area contributed by atoms with E-state index in [2.05, 4.69) is 10.3 Å². The lowest BCUT2D eigenvalue weighted by atomic mass is 9.96. The summed E-state index contributed by atoms with van der Waals surface area (Å²) in [6.45, 7) is 1.20. The normalized spacial score (nSPS) is 17.1. The second-order valence-corrected chi connectivity index (χ2v) is 5.24. The summed E-state index contributed by atoms with van der Waals surface area (Å²) in [6, 6.07) is 3.06. The number of H-pyrrole nitrogens is 1. The highest BCUT2D eigenvalue weighted by Crippen LogP contribution is 2.18. The number of aromatic nitrogens is 1. The van der Waals surface area contributed by atoms with Crippen molar-refractivity contribution in [3.05, 3.63) is 34.2 Å². The highest BCUT2D eigenvalue weighted by molar-refractivity contribution is 5.78. The zero-order valence-electron chi connectivity index (χ0n) is 11.6. The van der Waals surface area contributed by atoms with Crippen LogP contribution in [0.5, 0.6) is 0 Å². The first-order valence-electron chi connectivity index (χ1n) is 7.00. The average Bonchev–Trinajstić information content (AvgIpc) is 2.46. The van der Waals surface area contributed by atoms with Gasteiger partial charge < -0.3 is 10.3 Å². The van der Waals surface area contributed by atoms with Crippen molar-refractivity contribution in [3.63, 3.8) is 0 Å². The number of alkyl halides is 2. The molecule has 1 aromatic rings. The number of nitrogens with one attached hydrogen (secondary N) is 2. The van der Waals surface area contributed by atoms with Crippen LogP contribution in [0.1, 0.15) is 18.4 Å². The molecule has 2 heterocycles. The van der Waals surface area contributed by atoms with Gasteiger partial charge in [0.25, 0.3) is 6.43 Å². The molecule has 0 spiro atoms. The Morgan fingerprint density at radius 3 is 2.67 bits per heavy atom. The average molecular weight is 299 g/mol. The zero-order valence-corrected chi connectivity index (χ0v) is 11.6. The molecule has 2 N–H and O–H groups in total. The molecule has 0 unspecified atom stereocenters. The van der Waals surface area contributed by atoms with E-state index in [0.717, 1.165) is 5.56 Å². The minimum Gasteiger partial charge on any atom is -0.352 e. The number of hydrogen-bond donors (Lipinski definition) is 2. The van der Waals surface area contributed by atoms with E-state index in [-0.39, 0.29) is 23.9 Å². The molecule has 1 amide bonds. The number of aromatic amines is 1. The second-order valence-electron chi connectivity index (χ2n) is 5.24. The van der Waals surface area contributed by atoms with Crippen molar-refractivity contribution in [1.29, 1.82) is 0 Å². The van der Waals surface area contributed by atoms with E-state index in [1.54, 1.807) is 17.2 Å². The molecule has 0 atom stereocenters. The monoisotopic (exact) mass is 299 g/mol. The number of pyridine rings is 1. The van der Waals surface area contributed by atoms with Gasteiger partial charge in [0.1, 0.15) is 0 Å². The van der Waals surface area contributed by atoms with Crippen LogP contribution in [0.25, 0.3) is 0 Å². The molecule has 5 nitrogen and oxygen atoms in total. The number of carbonyl (C=O) groups excluding carboxylic acids is 1. The van der Waals surface area contributed by atoms with Crippen LogP contribution < -0.4 is 10.9 Å². The van der Waals surface area contributed by atoms with Crippen LogP contribution in [0, 0.1) is 5.92 Å². The first kappa shape index (κ1) is 15.6. The van der Waals surface area contributed by atoms with Crippen molar-refractivity contribution in [2.75, 3.05) is 19.6 Å². The van der Waals surface area contributed by atoms with Gasteiger partial charge in [-0.25, -0.2) is 8.78 Å². The topological polar surface area (TPSA) is 65.2 Å². The van der Waals surface area contributed by atoms with Gasteiger partial charge in [-0.15, -0.1) is 0 Å². The first-order valence-corrected chi connectivity index (χ1v) is 7.00. The molecule has 1 aromatic heterocycles. The Bertz CT molecular complexity index is 505. The molecule has 1 saturated heterocycles. The fourth-order valence-electron chi connectivity index (χ4n) is 2.46. The van der Waals surface area contributed by atoms with Gasteiger partial charge >= 0.3 is 0 Å². The highest BCUT2D eigenvalue weighted by atomic mass is 19.3. The van der Waals surface area contributed by atoms with Crippen molar-refractivity contribution in [2.24, 2.45) is 5.92 Å². The fraction of sp³-hybridized carbons (Fsp3) is 0.571. The van der Waals surface area contributed by atoms with Crippen LogP contribution in [0.15, 0.2) is 23.1 Å². The molecule has 116 valence electrons. The molecule has 2 rings (SSSR count). The van der Waals surface area contributed by atoms with E-state index in [1.807, 2.05) is 0 Å². The van der Waals surface area contributed by atoms with Gasteiger partial charge in [-0.3, -0.25) is 14.5 Å². The molecule has 1 fully saturated rings. The minimum atomic E-state index is -2.32. The number of hydrogen-bond acceptors (Lipinski definition) is 3. The second kappa shape index (κ2) is 7.31. The molecule has 0 radical (unpaired) electrons. The summed E-state index contributed by atoms with van der Waals surface area (Å²) < 4.78 is 24.5. The summed E-state index contributed by atoms with van der Waals surface area (Å²) in [7, 11) is 0. The summed E-state index contributed by atoms with van der Waals surface area (Å²) in [5.74, 6) is -0.181. The van der Waals surface area contributed by atoms with Crippen molar-refractivity contribution in [2.45, 2.75) is 25.8 Å². The van der Waals surface area contributed by atoms with Crippen molar-refractivity contribution in [3.8, 4) is 0 Å². The number of halogens is 2. The van der Waals surface area contributed by atoms with Gasteiger partial charge in [-0.05, 0) is 31.5 Å². The van der Waals surface area contributed by atoms with Gasteiger partial charge in [0.2, 0.25) is 11.5 Å². The maximum Gasteiger partial charge on any atom is 0.251 e. The minimum absolute atomic E-state index is 0.0575. The Morgan fingerprint density at radius 1 is 1.38 bits per heavy atom. The number of nitrogens with zero attached hydrogens (tertiary/aromatic N) is 1. The maximum atomic E-state index is 12.3. The van der Waals surface area contributed by atoms with E-state index < -0.39 is 6.43 Å². The van der Waals surface area contributed by atoms with E-state index in [1.165, 1.54) is 6.07 Å². The van der Waals surface area contributed by atoms with Crippen molar-refractivity contribution >= 4 is 5.91 Å². The zero-order chi connectivity index (χ0) is 15.2. The molecule has 1 aliphatic heterocycles. The summed E-state index contributed by atoms with van der Waals surface area (Å²) in [4.78, 5) is 27.2. The Labute approximate surface area is 121 Å².